The Kier molecular flexibility index (Phi) is 6.90. The van der Waals surface area contributed by atoms with Gasteiger partial charge in [0.1, 0.15) is 12.3 Å². The van der Waals surface area contributed by atoms with E-state index >= 15 is 0 Å². The van der Waals surface area contributed by atoms with Gasteiger partial charge in [0.25, 0.3) is 0 Å². The van der Waals surface area contributed by atoms with Crippen LogP contribution in [-0.4, -0.2) is 44.1 Å². The Morgan fingerprint density at radius 3 is 2.74 bits per heavy atom. The summed E-state index contributed by atoms with van der Waals surface area (Å²) < 4.78 is 6.28. The van der Waals surface area contributed by atoms with Crippen LogP contribution in [0.4, 0.5) is 0 Å². The molecule has 5 heteroatoms. The van der Waals surface area contributed by atoms with Crippen molar-refractivity contribution in [2.24, 2.45) is 5.92 Å². The van der Waals surface area contributed by atoms with Crippen LogP contribution in [0.2, 0.25) is 0 Å². The SMILES string of the molecule is CCN(CC)C(=O)[C@@H]1CCC[NH+](Cc2ccc(OC)c(Br)c2)C1. The number of nitrogens with one attached hydrogen (secondary N) is 1. The van der Waals surface area contributed by atoms with E-state index in [1.54, 1.807) is 7.11 Å². The molecule has 1 unspecified atom stereocenters. The molecule has 1 aliphatic rings. The van der Waals surface area contributed by atoms with Gasteiger partial charge in [0.05, 0.1) is 30.6 Å². The molecule has 23 heavy (non-hydrogen) atoms. The van der Waals surface area contributed by atoms with E-state index in [2.05, 4.69) is 41.9 Å². The Morgan fingerprint density at radius 1 is 1.39 bits per heavy atom. The van der Waals surface area contributed by atoms with Gasteiger partial charge >= 0.3 is 0 Å². The van der Waals surface area contributed by atoms with Crippen molar-refractivity contribution >= 4 is 21.8 Å². The first-order chi connectivity index (χ1) is 11.1. The number of carbonyl (C=O) groups excluding carboxylic acids is 1. The highest BCUT2D eigenvalue weighted by Crippen LogP contribution is 2.25. The normalized spacial score (nSPS) is 21.0. The van der Waals surface area contributed by atoms with Gasteiger partial charge in [-0.1, -0.05) is 0 Å². The van der Waals surface area contributed by atoms with Crippen LogP contribution in [0.5, 0.6) is 5.75 Å². The highest BCUT2D eigenvalue weighted by molar-refractivity contribution is 9.10. The lowest BCUT2D eigenvalue weighted by molar-refractivity contribution is -0.921. The lowest BCUT2D eigenvalue weighted by Crippen LogP contribution is -3.12. The van der Waals surface area contributed by atoms with Crippen LogP contribution in [0.3, 0.4) is 0 Å². The summed E-state index contributed by atoms with van der Waals surface area (Å²) in [5.41, 5.74) is 1.28. The number of benzene rings is 1. The topological polar surface area (TPSA) is 34.0 Å². The number of piperidine rings is 1. The van der Waals surface area contributed by atoms with Crippen LogP contribution in [0.15, 0.2) is 22.7 Å². The third-order valence-electron chi connectivity index (χ3n) is 4.71. The molecule has 0 aromatic heterocycles. The molecule has 1 saturated heterocycles. The second-order valence-electron chi connectivity index (χ2n) is 6.20. The maximum absolute atomic E-state index is 12.6. The lowest BCUT2D eigenvalue weighted by atomic mass is 9.96. The number of quaternary nitrogens is 1. The second kappa shape index (κ2) is 8.69. The largest absolute Gasteiger partial charge is 0.496 e. The van der Waals surface area contributed by atoms with Crippen molar-refractivity contribution < 1.29 is 14.4 Å². The number of halogens is 1. The minimum absolute atomic E-state index is 0.181. The number of ether oxygens (including phenoxy) is 1. The molecule has 4 nitrogen and oxygen atoms in total. The van der Waals surface area contributed by atoms with Gasteiger partial charge in [-0.05, 0) is 60.8 Å². The molecule has 0 aliphatic carbocycles. The van der Waals surface area contributed by atoms with Gasteiger partial charge in [0, 0.05) is 18.7 Å². The number of likely N-dealkylation sites (tertiary alicyclic amines) is 1. The molecule has 0 saturated carbocycles. The Morgan fingerprint density at radius 2 is 2.13 bits per heavy atom. The summed E-state index contributed by atoms with van der Waals surface area (Å²) >= 11 is 3.55. The summed E-state index contributed by atoms with van der Waals surface area (Å²) in [6.45, 7) is 8.79. The smallest absolute Gasteiger partial charge is 0.231 e. The molecule has 1 fully saturated rings. The van der Waals surface area contributed by atoms with Crippen LogP contribution >= 0.6 is 15.9 Å². The van der Waals surface area contributed by atoms with Gasteiger partial charge in [-0.15, -0.1) is 0 Å². The molecule has 1 N–H and O–H groups in total. The Bertz CT molecular complexity index is 532. The Hall–Kier alpha value is -1.07. The Labute approximate surface area is 147 Å². The molecule has 128 valence electrons. The van der Waals surface area contributed by atoms with Gasteiger partial charge < -0.3 is 14.5 Å². The molecule has 1 heterocycles. The highest BCUT2D eigenvalue weighted by atomic mass is 79.9. The zero-order valence-electron chi connectivity index (χ0n) is 14.4. The monoisotopic (exact) mass is 383 g/mol. The van der Waals surface area contributed by atoms with Crippen LogP contribution in [0, 0.1) is 5.92 Å². The average molecular weight is 384 g/mol. The molecule has 1 aliphatic heterocycles. The van der Waals surface area contributed by atoms with E-state index in [0.717, 1.165) is 55.8 Å². The van der Waals surface area contributed by atoms with Crippen molar-refractivity contribution in [1.82, 2.24) is 4.90 Å². The van der Waals surface area contributed by atoms with E-state index in [0.29, 0.717) is 5.91 Å². The summed E-state index contributed by atoms with van der Waals surface area (Å²) in [6.07, 6.45) is 2.16. The number of nitrogens with zero attached hydrogens (tertiary/aromatic N) is 1. The zero-order chi connectivity index (χ0) is 16.8. The maximum Gasteiger partial charge on any atom is 0.231 e. The van der Waals surface area contributed by atoms with Gasteiger partial charge in [-0.25, -0.2) is 0 Å². The fraction of sp³-hybridized carbons (Fsp3) is 0.611. The number of methoxy groups -OCH3 is 1. The van der Waals surface area contributed by atoms with Crippen LogP contribution < -0.4 is 9.64 Å². The van der Waals surface area contributed by atoms with E-state index < -0.39 is 0 Å². The van der Waals surface area contributed by atoms with Crippen molar-refractivity contribution in [2.75, 3.05) is 33.3 Å². The third-order valence-corrected chi connectivity index (χ3v) is 5.33. The van der Waals surface area contributed by atoms with E-state index in [-0.39, 0.29) is 5.92 Å². The average Bonchev–Trinajstić information content (AvgIpc) is 2.56. The Balaban J connectivity index is 1.98. The molecular weight excluding hydrogens is 356 g/mol. The van der Waals surface area contributed by atoms with Gasteiger partial charge in [-0.3, -0.25) is 4.79 Å². The molecular formula is C18H28BrN2O2+. The van der Waals surface area contributed by atoms with E-state index in [1.807, 2.05) is 11.0 Å². The first-order valence-corrected chi connectivity index (χ1v) is 9.33. The minimum Gasteiger partial charge on any atom is -0.496 e. The standard InChI is InChI=1S/C18H27BrN2O2/c1-4-21(5-2)18(22)15-7-6-10-20(13-15)12-14-8-9-17(23-3)16(19)11-14/h8-9,11,15H,4-7,10,12-13H2,1-3H3/p+1/t15-/m1/s1. The number of rotatable bonds is 6. The predicted molar refractivity (Wildman–Crippen MR) is 95.7 cm³/mol. The van der Waals surface area contributed by atoms with Gasteiger partial charge in [0.2, 0.25) is 5.91 Å². The molecule has 1 aromatic carbocycles. The van der Waals surface area contributed by atoms with E-state index in [1.165, 1.54) is 10.5 Å². The highest BCUT2D eigenvalue weighted by Gasteiger charge is 2.30. The van der Waals surface area contributed by atoms with Gasteiger partial charge in [0.15, 0.2) is 0 Å². The third kappa shape index (κ3) is 4.70. The summed E-state index contributed by atoms with van der Waals surface area (Å²) in [7, 11) is 1.68. The molecule has 0 radical (unpaired) electrons. The van der Waals surface area contributed by atoms with Gasteiger partial charge in [-0.2, -0.15) is 0 Å². The summed E-state index contributed by atoms with van der Waals surface area (Å²) in [6, 6.07) is 6.25. The molecule has 2 atom stereocenters. The van der Waals surface area contributed by atoms with Crippen molar-refractivity contribution in [3.63, 3.8) is 0 Å². The molecule has 1 aromatic rings. The molecule has 0 bridgehead atoms. The van der Waals surface area contributed by atoms with E-state index in [9.17, 15) is 4.79 Å². The fourth-order valence-electron chi connectivity index (χ4n) is 3.42. The van der Waals surface area contributed by atoms with Crippen LogP contribution in [0.1, 0.15) is 32.3 Å². The number of amides is 1. The van der Waals surface area contributed by atoms with Crippen molar-refractivity contribution in [1.29, 1.82) is 0 Å². The summed E-state index contributed by atoms with van der Waals surface area (Å²) in [5, 5.41) is 0. The molecule has 1 amide bonds. The predicted octanol–water partition coefficient (Wildman–Crippen LogP) is 2.12. The van der Waals surface area contributed by atoms with Crippen molar-refractivity contribution in [2.45, 2.75) is 33.2 Å². The quantitative estimate of drug-likeness (QED) is 0.816. The minimum atomic E-state index is 0.181. The van der Waals surface area contributed by atoms with E-state index in [4.69, 9.17) is 4.74 Å². The summed E-state index contributed by atoms with van der Waals surface area (Å²) in [4.78, 5) is 16.1. The van der Waals surface area contributed by atoms with Crippen LogP contribution in [0.25, 0.3) is 0 Å². The number of hydrogen-bond donors (Lipinski definition) is 1. The van der Waals surface area contributed by atoms with Crippen molar-refractivity contribution in [3.8, 4) is 5.75 Å². The second-order valence-corrected chi connectivity index (χ2v) is 7.05. The summed E-state index contributed by atoms with van der Waals surface area (Å²) in [5.74, 6) is 1.38. The maximum atomic E-state index is 12.6. The first kappa shape index (κ1) is 18.3. The molecule has 2 rings (SSSR count). The number of carbonyl (C=O) groups is 1. The molecule has 0 spiro atoms. The fourth-order valence-corrected chi connectivity index (χ4v) is 4.01. The van der Waals surface area contributed by atoms with Crippen LogP contribution in [-0.2, 0) is 11.3 Å². The number of hydrogen-bond acceptors (Lipinski definition) is 2. The lowest BCUT2D eigenvalue weighted by Gasteiger charge is -2.32. The zero-order valence-corrected chi connectivity index (χ0v) is 16.0. The first-order valence-electron chi connectivity index (χ1n) is 8.53. The van der Waals surface area contributed by atoms with Crippen molar-refractivity contribution in [3.05, 3.63) is 28.2 Å².